The van der Waals surface area contributed by atoms with Crippen molar-refractivity contribution in [2.75, 3.05) is 6.16 Å². The summed E-state index contributed by atoms with van der Waals surface area (Å²) in [6, 6.07) is 9.19. The van der Waals surface area contributed by atoms with Gasteiger partial charge in [-0.15, -0.1) is 8.58 Å². The van der Waals surface area contributed by atoms with E-state index in [1.54, 1.807) is 11.1 Å². The van der Waals surface area contributed by atoms with Gasteiger partial charge in [-0.1, -0.05) is 31.2 Å². The molecular formula is C15H21P. The van der Waals surface area contributed by atoms with Crippen LogP contribution in [-0.4, -0.2) is 11.8 Å². The molecule has 1 aromatic carbocycles. The van der Waals surface area contributed by atoms with E-state index in [0.717, 1.165) is 17.5 Å². The van der Waals surface area contributed by atoms with Crippen LogP contribution in [0.25, 0.3) is 0 Å². The molecule has 0 aromatic heterocycles. The maximum atomic E-state index is 2.40. The van der Waals surface area contributed by atoms with Crippen LogP contribution in [0.5, 0.6) is 0 Å². The van der Waals surface area contributed by atoms with Crippen LogP contribution in [0.1, 0.15) is 43.2 Å². The van der Waals surface area contributed by atoms with Gasteiger partial charge in [-0.25, -0.2) is 0 Å². The molecule has 1 heterocycles. The first-order chi connectivity index (χ1) is 7.90. The van der Waals surface area contributed by atoms with Crippen molar-refractivity contribution in [1.29, 1.82) is 0 Å². The van der Waals surface area contributed by atoms with Crippen molar-refractivity contribution in [2.24, 2.45) is 5.92 Å². The molecule has 0 saturated carbocycles. The molecule has 16 heavy (non-hydrogen) atoms. The fraction of sp³-hybridized carbons (Fsp3) is 0.600. The van der Waals surface area contributed by atoms with Gasteiger partial charge in [0, 0.05) is 0 Å². The second-order valence-electron chi connectivity index (χ2n) is 5.27. The molecule has 1 aliphatic heterocycles. The van der Waals surface area contributed by atoms with E-state index < -0.39 is 0 Å². The summed E-state index contributed by atoms with van der Waals surface area (Å²) in [4.78, 5) is 0. The Morgan fingerprint density at radius 1 is 1.25 bits per heavy atom. The van der Waals surface area contributed by atoms with Crippen molar-refractivity contribution in [3.8, 4) is 0 Å². The topological polar surface area (TPSA) is 0 Å². The molecule has 1 saturated heterocycles. The van der Waals surface area contributed by atoms with Crippen LogP contribution >= 0.6 is 8.58 Å². The van der Waals surface area contributed by atoms with Crippen LogP contribution in [0.15, 0.2) is 24.3 Å². The van der Waals surface area contributed by atoms with E-state index >= 15 is 0 Å². The number of benzene rings is 1. The molecule has 4 atom stereocenters. The maximum absolute atomic E-state index is 2.40. The van der Waals surface area contributed by atoms with Crippen LogP contribution in [0.2, 0.25) is 0 Å². The third kappa shape index (κ3) is 1.72. The van der Waals surface area contributed by atoms with E-state index in [1.165, 1.54) is 40.4 Å². The van der Waals surface area contributed by atoms with Crippen molar-refractivity contribution < 1.29 is 0 Å². The van der Waals surface area contributed by atoms with Gasteiger partial charge < -0.3 is 0 Å². The van der Waals surface area contributed by atoms with Crippen molar-refractivity contribution in [3.05, 3.63) is 35.4 Å². The molecule has 3 rings (SSSR count). The maximum Gasteiger partial charge on any atom is -0.0122 e. The summed E-state index contributed by atoms with van der Waals surface area (Å²) in [7, 11) is 1.24. The van der Waals surface area contributed by atoms with Gasteiger partial charge in [0.05, 0.1) is 0 Å². The Morgan fingerprint density at radius 2 is 2.12 bits per heavy atom. The third-order valence-corrected chi connectivity index (χ3v) is 6.48. The summed E-state index contributed by atoms with van der Waals surface area (Å²) in [5.41, 5.74) is 4.37. The van der Waals surface area contributed by atoms with Crippen LogP contribution in [0, 0.1) is 5.92 Å². The molecule has 0 amide bonds. The minimum Gasteiger partial charge on any atom is -0.119 e. The van der Waals surface area contributed by atoms with Gasteiger partial charge in [-0.05, 0) is 60.5 Å². The molecule has 1 aliphatic carbocycles. The average molecular weight is 232 g/mol. The largest absolute Gasteiger partial charge is 0.119 e. The third-order valence-electron chi connectivity index (χ3n) is 4.54. The van der Waals surface area contributed by atoms with Crippen molar-refractivity contribution in [1.82, 2.24) is 0 Å². The lowest BCUT2D eigenvalue weighted by Crippen LogP contribution is -2.32. The van der Waals surface area contributed by atoms with Crippen LogP contribution in [0.3, 0.4) is 0 Å². The van der Waals surface area contributed by atoms with Gasteiger partial charge in [0.1, 0.15) is 0 Å². The number of aryl methyl sites for hydroxylation is 1. The van der Waals surface area contributed by atoms with E-state index in [0.29, 0.717) is 0 Å². The summed E-state index contributed by atoms with van der Waals surface area (Å²) >= 11 is 0. The van der Waals surface area contributed by atoms with Gasteiger partial charge in [0.25, 0.3) is 0 Å². The minimum atomic E-state index is 0.899. The van der Waals surface area contributed by atoms with Crippen LogP contribution in [0.4, 0.5) is 0 Å². The fourth-order valence-corrected chi connectivity index (χ4v) is 5.59. The van der Waals surface area contributed by atoms with Gasteiger partial charge in [0.2, 0.25) is 0 Å². The molecule has 4 unspecified atom stereocenters. The van der Waals surface area contributed by atoms with Gasteiger partial charge in [-0.3, -0.25) is 0 Å². The minimum absolute atomic E-state index is 0.899. The van der Waals surface area contributed by atoms with E-state index in [2.05, 4.69) is 31.2 Å². The summed E-state index contributed by atoms with van der Waals surface area (Å²) in [6.45, 7) is 2.39. The molecule has 2 aliphatic rings. The Bertz CT molecular complexity index is 371. The second-order valence-corrected chi connectivity index (χ2v) is 6.92. The Kier molecular flexibility index (Phi) is 3.03. The Morgan fingerprint density at radius 3 is 3.00 bits per heavy atom. The molecule has 0 nitrogen and oxygen atoms in total. The first-order valence-corrected chi connectivity index (χ1v) is 7.99. The van der Waals surface area contributed by atoms with Crippen LogP contribution in [-0.2, 0) is 6.42 Å². The van der Waals surface area contributed by atoms with Crippen LogP contribution < -0.4 is 0 Å². The van der Waals surface area contributed by atoms with E-state index in [-0.39, 0.29) is 0 Å². The summed E-state index contributed by atoms with van der Waals surface area (Å²) < 4.78 is 0. The Labute approximate surface area is 101 Å². The molecule has 0 spiro atoms. The zero-order valence-electron chi connectivity index (χ0n) is 10.1. The standard InChI is InChI=1S/C15H21P/c1-2-15-14-8-7-11-5-3-4-6-12(11)13(14)9-10-16-15/h3-6,13-16H,2,7-10H2,1H3. The fourth-order valence-electron chi connectivity index (χ4n) is 3.75. The summed E-state index contributed by atoms with van der Waals surface area (Å²) in [5, 5.41) is 0. The molecule has 1 fully saturated rings. The lowest BCUT2D eigenvalue weighted by Gasteiger charge is -2.42. The van der Waals surface area contributed by atoms with Crippen molar-refractivity contribution in [3.63, 3.8) is 0 Å². The summed E-state index contributed by atoms with van der Waals surface area (Å²) in [6.07, 6.45) is 7.12. The first kappa shape index (κ1) is 10.8. The predicted molar refractivity (Wildman–Crippen MR) is 72.9 cm³/mol. The quantitative estimate of drug-likeness (QED) is 0.637. The van der Waals surface area contributed by atoms with Crippen molar-refractivity contribution in [2.45, 2.75) is 44.2 Å². The normalized spacial score (nSPS) is 34.4. The Balaban J connectivity index is 1.94. The molecule has 0 N–H and O–H groups in total. The Hall–Kier alpha value is -0.350. The highest BCUT2D eigenvalue weighted by atomic mass is 31.1. The van der Waals surface area contributed by atoms with Gasteiger partial charge >= 0.3 is 0 Å². The summed E-state index contributed by atoms with van der Waals surface area (Å²) in [5.74, 6) is 1.91. The molecule has 1 heteroatoms. The number of hydrogen-bond acceptors (Lipinski definition) is 0. The molecule has 1 aromatic rings. The number of fused-ring (bicyclic) bond motifs is 3. The predicted octanol–water partition coefficient (Wildman–Crippen LogP) is 4.19. The van der Waals surface area contributed by atoms with Crippen molar-refractivity contribution >= 4 is 8.58 Å². The zero-order valence-corrected chi connectivity index (χ0v) is 11.1. The van der Waals surface area contributed by atoms with Gasteiger partial charge in [0.15, 0.2) is 0 Å². The molecule has 0 radical (unpaired) electrons. The molecule has 0 bridgehead atoms. The lowest BCUT2D eigenvalue weighted by molar-refractivity contribution is 0.335. The highest BCUT2D eigenvalue weighted by molar-refractivity contribution is 7.39. The van der Waals surface area contributed by atoms with Gasteiger partial charge in [-0.2, -0.15) is 0 Å². The highest BCUT2D eigenvalue weighted by Crippen LogP contribution is 2.50. The first-order valence-electron chi connectivity index (χ1n) is 6.71. The van der Waals surface area contributed by atoms with E-state index in [9.17, 15) is 0 Å². The average Bonchev–Trinajstić information content (AvgIpc) is 2.37. The zero-order chi connectivity index (χ0) is 11.0. The number of rotatable bonds is 1. The van der Waals surface area contributed by atoms with E-state index in [4.69, 9.17) is 0 Å². The SMILES string of the molecule is CCC1PCCC2c3ccccc3CCC12. The molecule has 86 valence electrons. The lowest BCUT2D eigenvalue weighted by atomic mass is 9.71. The smallest absolute Gasteiger partial charge is 0.0122 e. The molecular weight excluding hydrogens is 211 g/mol. The number of hydrogen-bond donors (Lipinski definition) is 0. The van der Waals surface area contributed by atoms with E-state index in [1.807, 2.05) is 0 Å². The highest BCUT2D eigenvalue weighted by Gasteiger charge is 2.36. The monoisotopic (exact) mass is 232 g/mol. The second kappa shape index (κ2) is 4.49.